The maximum absolute atomic E-state index is 12.3. The number of carboxylic acid groups (broad SMARTS) is 2. The fourth-order valence-corrected chi connectivity index (χ4v) is 3.23. The van der Waals surface area contributed by atoms with Gasteiger partial charge in [0.1, 0.15) is 11.8 Å². The van der Waals surface area contributed by atoms with Gasteiger partial charge in [0.15, 0.2) is 0 Å². The topological polar surface area (TPSA) is 214 Å². The van der Waals surface area contributed by atoms with Gasteiger partial charge in [-0.3, -0.25) is 14.4 Å². The van der Waals surface area contributed by atoms with Crippen LogP contribution in [0.1, 0.15) is 19.8 Å². The number of rotatable bonds is 12. The van der Waals surface area contributed by atoms with Crippen LogP contribution in [0.5, 0.6) is 5.75 Å². The van der Waals surface area contributed by atoms with Gasteiger partial charge in [0, 0.05) is 30.8 Å². The molecule has 0 bridgehead atoms. The number of phenols is 1. The Kier molecular flexibility index (Phi) is 17.6. The van der Waals surface area contributed by atoms with Crippen molar-refractivity contribution >= 4 is 47.1 Å². The fraction of sp³-hybridized carbons (Fsp3) is 0.389. The first-order valence-electron chi connectivity index (χ1n) is 8.96. The summed E-state index contributed by atoms with van der Waals surface area (Å²) in [5.74, 6) is -5.17. The van der Waals surface area contributed by atoms with E-state index < -0.39 is 42.4 Å². The van der Waals surface area contributed by atoms with E-state index >= 15 is 0 Å². The molecule has 1 aromatic carbocycles. The third-order valence-electron chi connectivity index (χ3n) is 3.73. The van der Waals surface area contributed by atoms with Crippen molar-refractivity contribution in [1.82, 2.24) is 10.6 Å². The molecule has 0 aromatic heterocycles. The van der Waals surface area contributed by atoms with Crippen LogP contribution in [0.25, 0.3) is 0 Å². The van der Waals surface area contributed by atoms with Gasteiger partial charge in [0.05, 0.1) is 23.4 Å². The van der Waals surface area contributed by atoms with Crippen LogP contribution >= 0.6 is 11.8 Å². The first-order valence-corrected chi connectivity index (χ1v) is 9.95. The number of anilines is 1. The van der Waals surface area contributed by atoms with Gasteiger partial charge in [-0.25, -0.2) is 0 Å². The number of nitrogens with two attached hydrogens (primary N) is 1. The Morgan fingerprint density at radius 1 is 1.15 bits per heavy atom. The van der Waals surface area contributed by atoms with Gasteiger partial charge in [0.25, 0.3) is 0 Å². The van der Waals surface area contributed by atoms with Crippen molar-refractivity contribution in [2.45, 2.75) is 36.7 Å². The fourth-order valence-electron chi connectivity index (χ4n) is 2.22. The summed E-state index contributed by atoms with van der Waals surface area (Å²) in [6.07, 6.45) is -0.540. The minimum absolute atomic E-state index is 0. The second-order valence-corrected chi connectivity index (χ2v) is 7.41. The molecule has 0 spiro atoms. The van der Waals surface area contributed by atoms with E-state index in [0.717, 1.165) is 11.8 Å². The molecular formula is C18H22N4Na2O8S. The van der Waals surface area contributed by atoms with Crippen molar-refractivity contribution < 1.29 is 98.4 Å². The van der Waals surface area contributed by atoms with Gasteiger partial charge in [-0.1, -0.05) is 0 Å². The van der Waals surface area contributed by atoms with Gasteiger partial charge in [0.2, 0.25) is 17.7 Å². The standard InChI is InChI=1S/C18H24N4O8S.2Na/c1-9(23)21-10-2-4-13(24)14(6-10)31-8-12(17(28)20-7-16(26)27)22-15(25)5-3-11(19)18(29)30;;/h2,4,6,11-12,24H,3,5,7-8,19H2,1H3,(H,20,28)(H,21,23)(H,22,25)(H,26,27)(H,29,30);;/q;2*+1/p-2/t11-,12-;;/m0../s1. The van der Waals surface area contributed by atoms with E-state index in [9.17, 15) is 39.3 Å². The SMILES string of the molecule is CC(=O)Nc1ccc(O)c(SC[C@H](NC(=O)CC[C@H](N)C(=O)[O-])C(=O)NCC(=O)[O-])c1.[Na+].[Na+]. The summed E-state index contributed by atoms with van der Waals surface area (Å²) in [4.78, 5) is 57.0. The van der Waals surface area contributed by atoms with Crippen LogP contribution in [0, 0.1) is 0 Å². The molecule has 0 saturated heterocycles. The number of carboxylic acids is 2. The first-order chi connectivity index (χ1) is 14.5. The second-order valence-electron chi connectivity index (χ2n) is 6.35. The van der Waals surface area contributed by atoms with Crippen molar-refractivity contribution in [2.75, 3.05) is 17.6 Å². The predicted molar refractivity (Wildman–Crippen MR) is 105 cm³/mol. The van der Waals surface area contributed by atoms with Gasteiger partial charge >= 0.3 is 59.1 Å². The molecule has 3 amide bonds. The van der Waals surface area contributed by atoms with E-state index in [1.165, 1.54) is 25.1 Å². The number of nitrogens with one attached hydrogen (secondary N) is 3. The number of aromatic hydroxyl groups is 1. The van der Waals surface area contributed by atoms with Crippen LogP contribution in [0.3, 0.4) is 0 Å². The predicted octanol–water partition coefficient (Wildman–Crippen LogP) is -9.34. The van der Waals surface area contributed by atoms with E-state index in [1.54, 1.807) is 0 Å². The maximum atomic E-state index is 12.3. The van der Waals surface area contributed by atoms with Crippen LogP contribution in [0.2, 0.25) is 0 Å². The Morgan fingerprint density at radius 2 is 1.79 bits per heavy atom. The van der Waals surface area contributed by atoms with Gasteiger partial charge in [-0.15, -0.1) is 11.8 Å². The number of benzene rings is 1. The summed E-state index contributed by atoms with van der Waals surface area (Å²) in [6.45, 7) is 0.522. The molecule has 0 unspecified atom stereocenters. The minimum Gasteiger partial charge on any atom is -0.548 e. The average molecular weight is 500 g/mol. The molecule has 1 rings (SSSR count). The zero-order chi connectivity index (χ0) is 23.6. The van der Waals surface area contributed by atoms with Crippen LogP contribution in [-0.2, 0) is 24.0 Å². The van der Waals surface area contributed by atoms with E-state index in [2.05, 4.69) is 16.0 Å². The summed E-state index contributed by atoms with van der Waals surface area (Å²) in [6, 6.07) is 1.67. The smallest absolute Gasteiger partial charge is 0.548 e. The maximum Gasteiger partial charge on any atom is 1.00 e. The number of carbonyl (C=O) groups is 5. The summed E-state index contributed by atoms with van der Waals surface area (Å²) >= 11 is 0.962. The molecule has 0 aliphatic carbocycles. The molecule has 15 heteroatoms. The molecule has 0 radical (unpaired) electrons. The van der Waals surface area contributed by atoms with Gasteiger partial charge in [-0.2, -0.15) is 0 Å². The summed E-state index contributed by atoms with van der Waals surface area (Å²) in [5.41, 5.74) is 5.68. The molecule has 0 fully saturated rings. The van der Waals surface area contributed by atoms with Crippen LogP contribution < -0.4 is 91.0 Å². The molecular weight excluding hydrogens is 478 g/mol. The van der Waals surface area contributed by atoms with Crippen molar-refractivity contribution in [2.24, 2.45) is 5.73 Å². The second kappa shape index (κ2) is 17.2. The number of phenolic OH excluding ortho intramolecular Hbond substituents is 1. The molecule has 33 heavy (non-hydrogen) atoms. The van der Waals surface area contributed by atoms with Crippen LogP contribution in [-0.4, -0.2) is 59.1 Å². The molecule has 2 atom stereocenters. The molecule has 12 nitrogen and oxygen atoms in total. The zero-order valence-electron chi connectivity index (χ0n) is 18.5. The van der Waals surface area contributed by atoms with Crippen LogP contribution in [0.4, 0.5) is 5.69 Å². The number of thioether (sulfide) groups is 1. The largest absolute Gasteiger partial charge is 1.00 e. The minimum atomic E-state index is -1.54. The van der Waals surface area contributed by atoms with Crippen molar-refractivity contribution in [3.05, 3.63) is 18.2 Å². The van der Waals surface area contributed by atoms with Gasteiger partial charge < -0.3 is 46.6 Å². The molecule has 0 aliphatic heterocycles. The van der Waals surface area contributed by atoms with Gasteiger partial charge in [-0.05, 0) is 24.6 Å². The third kappa shape index (κ3) is 13.9. The van der Waals surface area contributed by atoms with Crippen molar-refractivity contribution in [3.63, 3.8) is 0 Å². The summed E-state index contributed by atoms with van der Waals surface area (Å²) < 4.78 is 0. The zero-order valence-corrected chi connectivity index (χ0v) is 23.3. The number of hydrogen-bond acceptors (Lipinski definition) is 10. The van der Waals surface area contributed by atoms with E-state index in [1.807, 2.05) is 0 Å². The Bertz CT molecular complexity index is 859. The quantitative estimate of drug-likeness (QED) is 0.104. The Hall–Kier alpha value is -1.32. The molecule has 1 aromatic rings. The van der Waals surface area contributed by atoms with E-state index in [-0.39, 0.29) is 94.3 Å². The summed E-state index contributed by atoms with van der Waals surface area (Å²) in [7, 11) is 0. The number of aliphatic carboxylic acids is 2. The first kappa shape index (κ1) is 33.9. The summed E-state index contributed by atoms with van der Waals surface area (Å²) in [5, 5.41) is 38.2. The van der Waals surface area contributed by atoms with E-state index in [0.29, 0.717) is 5.69 Å². The monoisotopic (exact) mass is 500 g/mol. The van der Waals surface area contributed by atoms with Crippen LogP contribution in [0.15, 0.2) is 23.1 Å². The third-order valence-corrected chi connectivity index (χ3v) is 4.87. The number of amides is 3. The van der Waals surface area contributed by atoms with Crippen molar-refractivity contribution in [1.29, 1.82) is 0 Å². The molecule has 0 aliphatic rings. The van der Waals surface area contributed by atoms with E-state index in [4.69, 9.17) is 5.73 Å². The van der Waals surface area contributed by atoms with Crippen molar-refractivity contribution in [3.8, 4) is 5.75 Å². The molecule has 0 heterocycles. The Morgan fingerprint density at radius 3 is 2.33 bits per heavy atom. The molecule has 6 N–H and O–H groups in total. The number of hydrogen-bond donors (Lipinski definition) is 5. The average Bonchev–Trinajstić information content (AvgIpc) is 2.68. The Labute approximate surface area is 238 Å². The number of carbonyl (C=O) groups excluding carboxylic acids is 5. The Balaban J connectivity index is 0. The normalized spacial score (nSPS) is 11.6. The molecule has 0 saturated carbocycles. The molecule has 170 valence electrons.